The summed E-state index contributed by atoms with van der Waals surface area (Å²) in [5, 5.41) is 4.42. The molecule has 5 nitrogen and oxygen atoms in total. The summed E-state index contributed by atoms with van der Waals surface area (Å²) in [7, 11) is 1.92. The van der Waals surface area contributed by atoms with Crippen molar-refractivity contribution < 1.29 is 0 Å². The number of hydrogen-bond donors (Lipinski definition) is 1. The highest BCUT2D eigenvalue weighted by Gasteiger charge is 2.20. The lowest BCUT2D eigenvalue weighted by molar-refractivity contribution is 0.746. The lowest BCUT2D eigenvalue weighted by Crippen LogP contribution is -2.03. The summed E-state index contributed by atoms with van der Waals surface area (Å²) in [5.41, 5.74) is 10.3. The van der Waals surface area contributed by atoms with Crippen molar-refractivity contribution in [1.82, 2.24) is 19.7 Å². The van der Waals surface area contributed by atoms with Crippen molar-refractivity contribution in [1.29, 1.82) is 0 Å². The Morgan fingerprint density at radius 2 is 2.17 bits per heavy atom. The van der Waals surface area contributed by atoms with Gasteiger partial charge in [-0.05, 0) is 25.7 Å². The Morgan fingerprint density at radius 1 is 1.33 bits per heavy atom. The van der Waals surface area contributed by atoms with E-state index in [2.05, 4.69) is 22.0 Å². The van der Waals surface area contributed by atoms with Gasteiger partial charge in [-0.15, -0.1) is 0 Å². The number of anilines is 1. The SMILES string of the molecule is CCc1nn(C)cc1-c1nc(N)c2c(n1)CCC2. The molecule has 0 spiro atoms. The van der Waals surface area contributed by atoms with Crippen molar-refractivity contribution in [3.63, 3.8) is 0 Å². The predicted molar refractivity (Wildman–Crippen MR) is 70.0 cm³/mol. The normalized spacial score (nSPS) is 13.9. The van der Waals surface area contributed by atoms with Crippen LogP contribution in [0.3, 0.4) is 0 Å². The molecule has 2 N–H and O–H groups in total. The Hall–Kier alpha value is -1.91. The molecule has 0 aliphatic heterocycles. The third kappa shape index (κ3) is 1.66. The molecule has 1 aliphatic rings. The van der Waals surface area contributed by atoms with Gasteiger partial charge in [0.2, 0.25) is 0 Å². The number of aryl methyl sites for hydroxylation is 3. The zero-order chi connectivity index (χ0) is 12.7. The largest absolute Gasteiger partial charge is 0.383 e. The van der Waals surface area contributed by atoms with Gasteiger partial charge in [-0.3, -0.25) is 4.68 Å². The highest BCUT2D eigenvalue weighted by Crippen LogP contribution is 2.28. The Kier molecular flexibility index (Phi) is 2.54. The van der Waals surface area contributed by atoms with E-state index in [9.17, 15) is 0 Å². The summed E-state index contributed by atoms with van der Waals surface area (Å²) in [6.45, 7) is 2.09. The lowest BCUT2D eigenvalue weighted by atomic mass is 10.2. The van der Waals surface area contributed by atoms with Crippen molar-refractivity contribution in [2.24, 2.45) is 7.05 Å². The summed E-state index contributed by atoms with van der Waals surface area (Å²) in [5.74, 6) is 1.36. The monoisotopic (exact) mass is 243 g/mol. The first-order valence-corrected chi connectivity index (χ1v) is 6.37. The van der Waals surface area contributed by atoms with E-state index in [4.69, 9.17) is 5.73 Å². The summed E-state index contributed by atoms with van der Waals surface area (Å²) in [6.07, 6.45) is 5.99. The van der Waals surface area contributed by atoms with Crippen molar-refractivity contribution in [2.75, 3.05) is 5.73 Å². The fraction of sp³-hybridized carbons (Fsp3) is 0.462. The van der Waals surface area contributed by atoms with Crippen LogP contribution in [0.1, 0.15) is 30.3 Å². The van der Waals surface area contributed by atoms with Crippen molar-refractivity contribution in [3.05, 3.63) is 23.1 Å². The van der Waals surface area contributed by atoms with Crippen LogP contribution in [0, 0.1) is 0 Å². The number of hydrogen-bond acceptors (Lipinski definition) is 4. The molecule has 0 saturated carbocycles. The van der Waals surface area contributed by atoms with Crippen LogP contribution < -0.4 is 5.73 Å². The molecule has 1 aliphatic carbocycles. The molecule has 2 heterocycles. The molecule has 0 amide bonds. The maximum Gasteiger partial charge on any atom is 0.165 e. The first kappa shape index (κ1) is 11.2. The summed E-state index contributed by atoms with van der Waals surface area (Å²) in [4.78, 5) is 9.11. The summed E-state index contributed by atoms with van der Waals surface area (Å²) in [6, 6.07) is 0. The first-order valence-electron chi connectivity index (χ1n) is 6.37. The average Bonchev–Trinajstić information content (AvgIpc) is 2.94. The Morgan fingerprint density at radius 3 is 2.94 bits per heavy atom. The number of nitrogen functional groups attached to an aromatic ring is 1. The van der Waals surface area contributed by atoms with Gasteiger partial charge in [-0.25, -0.2) is 9.97 Å². The Labute approximate surface area is 106 Å². The molecule has 0 radical (unpaired) electrons. The smallest absolute Gasteiger partial charge is 0.165 e. The van der Waals surface area contributed by atoms with E-state index in [0.717, 1.165) is 54.0 Å². The minimum atomic E-state index is 0.637. The second-order valence-electron chi connectivity index (χ2n) is 4.73. The van der Waals surface area contributed by atoms with Crippen LogP contribution in [0.5, 0.6) is 0 Å². The van der Waals surface area contributed by atoms with Crippen LogP contribution in [-0.4, -0.2) is 19.7 Å². The molecule has 0 bridgehead atoms. The minimum Gasteiger partial charge on any atom is -0.383 e. The van der Waals surface area contributed by atoms with Crippen LogP contribution in [0.25, 0.3) is 11.4 Å². The molecular formula is C13H17N5. The highest BCUT2D eigenvalue weighted by atomic mass is 15.3. The molecule has 94 valence electrons. The molecule has 2 aromatic heterocycles. The molecule has 0 atom stereocenters. The van der Waals surface area contributed by atoms with Gasteiger partial charge in [-0.2, -0.15) is 5.10 Å². The molecule has 5 heteroatoms. The number of nitrogens with zero attached hydrogens (tertiary/aromatic N) is 4. The molecule has 3 rings (SSSR count). The van der Waals surface area contributed by atoms with E-state index in [0.29, 0.717) is 5.82 Å². The number of aromatic nitrogens is 4. The van der Waals surface area contributed by atoms with Crippen LogP contribution in [0.2, 0.25) is 0 Å². The van der Waals surface area contributed by atoms with E-state index in [-0.39, 0.29) is 0 Å². The maximum absolute atomic E-state index is 6.03. The van der Waals surface area contributed by atoms with E-state index >= 15 is 0 Å². The molecule has 0 unspecified atom stereocenters. The van der Waals surface area contributed by atoms with Crippen LogP contribution >= 0.6 is 0 Å². The second-order valence-corrected chi connectivity index (χ2v) is 4.73. The second kappa shape index (κ2) is 4.08. The lowest BCUT2D eigenvalue weighted by Gasteiger charge is -2.06. The Balaban J connectivity index is 2.14. The Bertz CT molecular complexity index is 600. The minimum absolute atomic E-state index is 0.637. The molecular weight excluding hydrogens is 226 g/mol. The first-order chi connectivity index (χ1) is 8.69. The van der Waals surface area contributed by atoms with Gasteiger partial charge >= 0.3 is 0 Å². The molecule has 0 saturated heterocycles. The van der Waals surface area contributed by atoms with Gasteiger partial charge in [0.25, 0.3) is 0 Å². The van der Waals surface area contributed by atoms with Gasteiger partial charge in [0.15, 0.2) is 5.82 Å². The van der Waals surface area contributed by atoms with Crippen molar-refractivity contribution in [3.8, 4) is 11.4 Å². The number of rotatable bonds is 2. The van der Waals surface area contributed by atoms with E-state index < -0.39 is 0 Å². The van der Waals surface area contributed by atoms with Gasteiger partial charge in [0, 0.05) is 24.5 Å². The fourth-order valence-corrected chi connectivity index (χ4v) is 2.56. The van der Waals surface area contributed by atoms with E-state index in [1.165, 1.54) is 0 Å². The summed E-state index contributed by atoms with van der Waals surface area (Å²) >= 11 is 0. The van der Waals surface area contributed by atoms with E-state index in [1.54, 1.807) is 4.68 Å². The third-order valence-electron chi connectivity index (χ3n) is 3.45. The van der Waals surface area contributed by atoms with Gasteiger partial charge in [-0.1, -0.05) is 6.92 Å². The zero-order valence-corrected chi connectivity index (χ0v) is 10.8. The van der Waals surface area contributed by atoms with Gasteiger partial charge in [0.1, 0.15) is 5.82 Å². The number of nitrogens with two attached hydrogens (primary N) is 1. The van der Waals surface area contributed by atoms with Crippen molar-refractivity contribution >= 4 is 5.82 Å². The summed E-state index contributed by atoms with van der Waals surface area (Å²) < 4.78 is 1.81. The van der Waals surface area contributed by atoms with E-state index in [1.807, 2.05) is 13.2 Å². The molecule has 18 heavy (non-hydrogen) atoms. The van der Waals surface area contributed by atoms with Gasteiger partial charge < -0.3 is 5.73 Å². The standard InChI is InChI=1S/C13H17N5/c1-3-10-9(7-18(2)17-10)13-15-11-6-4-5-8(11)12(14)16-13/h7H,3-6H2,1-2H3,(H2,14,15,16). The van der Waals surface area contributed by atoms with Crippen LogP contribution in [-0.2, 0) is 26.3 Å². The van der Waals surface area contributed by atoms with Crippen molar-refractivity contribution in [2.45, 2.75) is 32.6 Å². The molecule has 2 aromatic rings. The van der Waals surface area contributed by atoms with Crippen LogP contribution in [0.15, 0.2) is 6.20 Å². The quantitative estimate of drug-likeness (QED) is 0.868. The fourth-order valence-electron chi connectivity index (χ4n) is 2.56. The molecule has 0 fully saturated rings. The maximum atomic E-state index is 6.03. The third-order valence-corrected chi connectivity index (χ3v) is 3.45. The number of fused-ring (bicyclic) bond motifs is 1. The predicted octanol–water partition coefficient (Wildman–Crippen LogP) is 1.51. The average molecular weight is 243 g/mol. The highest BCUT2D eigenvalue weighted by molar-refractivity contribution is 5.61. The topological polar surface area (TPSA) is 69.6 Å². The van der Waals surface area contributed by atoms with Gasteiger partial charge in [0.05, 0.1) is 11.3 Å². The molecule has 0 aromatic carbocycles. The zero-order valence-electron chi connectivity index (χ0n) is 10.8. The van der Waals surface area contributed by atoms with Crippen LogP contribution in [0.4, 0.5) is 5.82 Å².